The summed E-state index contributed by atoms with van der Waals surface area (Å²) < 4.78 is 5.58. The van der Waals surface area contributed by atoms with Crippen molar-refractivity contribution in [3.05, 3.63) is 42.5 Å². The third kappa shape index (κ3) is 1.38. The largest absolute Gasteiger partial charge is 0.484 e. The highest BCUT2D eigenvalue weighted by molar-refractivity contribution is 9.10. The van der Waals surface area contributed by atoms with Gasteiger partial charge in [0, 0.05) is 0 Å². The Kier molecular flexibility index (Phi) is 2.42. The highest BCUT2D eigenvalue weighted by Gasteiger charge is 2.33. The number of carbonyl (C=O) groups is 1. The van der Waals surface area contributed by atoms with Gasteiger partial charge in [0.2, 0.25) is 0 Å². The van der Waals surface area contributed by atoms with Crippen molar-refractivity contribution in [3.63, 3.8) is 0 Å². The monoisotopic (exact) mass is 252 g/mol. The van der Waals surface area contributed by atoms with Gasteiger partial charge in [0.05, 0.1) is 5.56 Å². The third-order valence-corrected chi connectivity index (χ3v) is 3.12. The van der Waals surface area contributed by atoms with E-state index in [4.69, 9.17) is 4.74 Å². The van der Waals surface area contributed by atoms with E-state index < -0.39 is 0 Å². The summed E-state index contributed by atoms with van der Waals surface area (Å²) in [5.41, 5.74) is 0.632. The summed E-state index contributed by atoms with van der Waals surface area (Å²) in [6.45, 7) is 3.63. The molecule has 0 aliphatic carbocycles. The Morgan fingerprint density at radius 3 is 2.86 bits per heavy atom. The second-order valence-electron chi connectivity index (χ2n) is 3.08. The van der Waals surface area contributed by atoms with Gasteiger partial charge in [-0.25, -0.2) is 0 Å². The molecule has 2 unspecified atom stereocenters. The van der Waals surface area contributed by atoms with E-state index in [9.17, 15) is 4.79 Å². The highest BCUT2D eigenvalue weighted by Crippen LogP contribution is 2.30. The van der Waals surface area contributed by atoms with E-state index >= 15 is 0 Å². The number of benzene rings is 1. The standard InChI is InChI=1S/C11H9BrO2/c1-2-8-10(12)11(13)7-5-3-4-6-9(7)14-8/h2-6,8,10H,1H2. The normalized spacial score (nSPS) is 25.1. The fourth-order valence-corrected chi connectivity index (χ4v) is 2.02. The molecule has 0 aromatic heterocycles. The minimum atomic E-state index is -0.324. The Morgan fingerprint density at radius 2 is 2.14 bits per heavy atom. The number of ketones is 1. The first-order valence-corrected chi connectivity index (χ1v) is 5.22. The fourth-order valence-electron chi connectivity index (χ4n) is 1.44. The van der Waals surface area contributed by atoms with Gasteiger partial charge in [-0.15, -0.1) is 0 Å². The Hall–Kier alpha value is -1.09. The molecule has 1 aromatic carbocycles. The van der Waals surface area contributed by atoms with Gasteiger partial charge < -0.3 is 4.74 Å². The quantitative estimate of drug-likeness (QED) is 0.568. The summed E-state index contributed by atoms with van der Waals surface area (Å²) >= 11 is 3.30. The van der Waals surface area contributed by atoms with Crippen LogP contribution in [-0.2, 0) is 0 Å². The molecule has 0 saturated heterocycles. The number of carbonyl (C=O) groups excluding carboxylic acids is 1. The lowest BCUT2D eigenvalue weighted by molar-refractivity contribution is 0.0911. The predicted octanol–water partition coefficient (Wildman–Crippen LogP) is 2.58. The molecule has 0 amide bonds. The van der Waals surface area contributed by atoms with Crippen molar-refractivity contribution < 1.29 is 9.53 Å². The van der Waals surface area contributed by atoms with E-state index in [1.54, 1.807) is 18.2 Å². The van der Waals surface area contributed by atoms with Gasteiger partial charge in [-0.3, -0.25) is 4.79 Å². The van der Waals surface area contributed by atoms with Crippen LogP contribution in [0.3, 0.4) is 0 Å². The molecule has 0 saturated carbocycles. The summed E-state index contributed by atoms with van der Waals surface area (Å²) in [5, 5.41) is 0. The van der Waals surface area contributed by atoms with Crippen molar-refractivity contribution in [3.8, 4) is 5.75 Å². The molecule has 2 atom stereocenters. The molecular weight excluding hydrogens is 244 g/mol. The van der Waals surface area contributed by atoms with Gasteiger partial charge in [0.25, 0.3) is 0 Å². The Morgan fingerprint density at radius 1 is 1.43 bits per heavy atom. The second-order valence-corrected chi connectivity index (χ2v) is 4.07. The molecule has 3 heteroatoms. The zero-order valence-electron chi connectivity index (χ0n) is 7.44. The van der Waals surface area contributed by atoms with E-state index in [2.05, 4.69) is 22.5 Å². The maximum Gasteiger partial charge on any atom is 0.184 e. The van der Waals surface area contributed by atoms with Crippen LogP contribution in [0.15, 0.2) is 36.9 Å². The molecule has 1 aromatic rings. The molecule has 0 N–H and O–H groups in total. The number of alkyl halides is 1. The molecule has 0 bridgehead atoms. The molecule has 14 heavy (non-hydrogen) atoms. The lowest BCUT2D eigenvalue weighted by atomic mass is 10.0. The molecule has 2 nitrogen and oxygen atoms in total. The van der Waals surface area contributed by atoms with Crippen LogP contribution in [-0.4, -0.2) is 16.7 Å². The van der Waals surface area contributed by atoms with Crippen LogP contribution in [0.5, 0.6) is 5.75 Å². The molecule has 72 valence electrons. The number of para-hydroxylation sites is 1. The number of halogens is 1. The second kappa shape index (κ2) is 3.58. The molecule has 0 radical (unpaired) electrons. The van der Waals surface area contributed by atoms with Gasteiger partial charge in [-0.05, 0) is 18.2 Å². The minimum Gasteiger partial charge on any atom is -0.484 e. The first-order chi connectivity index (χ1) is 6.74. The fraction of sp³-hybridized carbons (Fsp3) is 0.182. The average Bonchev–Trinajstić information content (AvgIpc) is 2.23. The van der Waals surface area contributed by atoms with Gasteiger partial charge in [0.1, 0.15) is 16.7 Å². The molecule has 0 fully saturated rings. The molecule has 1 aliphatic heterocycles. The van der Waals surface area contributed by atoms with Crippen LogP contribution in [0.25, 0.3) is 0 Å². The zero-order valence-corrected chi connectivity index (χ0v) is 9.03. The summed E-state index contributed by atoms with van der Waals surface area (Å²) in [6.07, 6.45) is 1.35. The van der Waals surface area contributed by atoms with Gasteiger partial charge in [-0.1, -0.05) is 34.6 Å². The maximum absolute atomic E-state index is 11.8. The van der Waals surface area contributed by atoms with Crippen LogP contribution in [0.1, 0.15) is 10.4 Å². The van der Waals surface area contributed by atoms with E-state index in [-0.39, 0.29) is 16.7 Å². The van der Waals surface area contributed by atoms with Crippen molar-refractivity contribution in [2.24, 2.45) is 0 Å². The molecule has 0 spiro atoms. The van der Waals surface area contributed by atoms with E-state index in [1.165, 1.54) is 0 Å². The minimum absolute atomic E-state index is 0.0525. The molecule has 1 heterocycles. The highest BCUT2D eigenvalue weighted by atomic mass is 79.9. The van der Waals surface area contributed by atoms with E-state index in [1.807, 2.05) is 12.1 Å². The van der Waals surface area contributed by atoms with Gasteiger partial charge >= 0.3 is 0 Å². The Labute approximate surface area is 90.7 Å². The summed E-state index contributed by atoms with van der Waals surface area (Å²) in [6, 6.07) is 7.24. The molecule has 1 aliphatic rings. The smallest absolute Gasteiger partial charge is 0.184 e. The van der Waals surface area contributed by atoms with Crippen LogP contribution in [0.4, 0.5) is 0 Å². The van der Waals surface area contributed by atoms with Crippen molar-refractivity contribution in [2.75, 3.05) is 0 Å². The van der Waals surface area contributed by atoms with Gasteiger partial charge in [-0.2, -0.15) is 0 Å². The SMILES string of the molecule is C=CC1Oc2ccccc2C(=O)C1Br. The van der Waals surface area contributed by atoms with Crippen LogP contribution >= 0.6 is 15.9 Å². The van der Waals surface area contributed by atoms with Crippen molar-refractivity contribution in [2.45, 2.75) is 10.9 Å². The number of ether oxygens (including phenoxy) is 1. The number of fused-ring (bicyclic) bond motifs is 1. The van der Waals surface area contributed by atoms with E-state index in [0.29, 0.717) is 11.3 Å². The maximum atomic E-state index is 11.8. The number of hydrogen-bond acceptors (Lipinski definition) is 2. The zero-order chi connectivity index (χ0) is 10.1. The van der Waals surface area contributed by atoms with Crippen LogP contribution < -0.4 is 4.74 Å². The predicted molar refractivity (Wildman–Crippen MR) is 58.1 cm³/mol. The van der Waals surface area contributed by atoms with E-state index in [0.717, 1.165) is 0 Å². The summed E-state index contributed by atoms with van der Waals surface area (Å²) in [5.74, 6) is 0.690. The first kappa shape index (κ1) is 9.46. The first-order valence-electron chi connectivity index (χ1n) is 4.30. The summed E-state index contributed by atoms with van der Waals surface area (Å²) in [4.78, 5) is 11.5. The molecule has 2 rings (SSSR count). The van der Waals surface area contributed by atoms with Gasteiger partial charge in [0.15, 0.2) is 5.78 Å². The lowest BCUT2D eigenvalue weighted by Gasteiger charge is -2.26. The number of rotatable bonds is 1. The lowest BCUT2D eigenvalue weighted by Crippen LogP contribution is -2.36. The Bertz CT molecular complexity index is 387. The van der Waals surface area contributed by atoms with Crippen molar-refractivity contribution in [1.29, 1.82) is 0 Å². The Balaban J connectivity index is 2.47. The van der Waals surface area contributed by atoms with Crippen LogP contribution in [0, 0.1) is 0 Å². The number of hydrogen-bond donors (Lipinski definition) is 0. The van der Waals surface area contributed by atoms with Crippen molar-refractivity contribution >= 4 is 21.7 Å². The third-order valence-electron chi connectivity index (χ3n) is 2.19. The van der Waals surface area contributed by atoms with Crippen molar-refractivity contribution in [1.82, 2.24) is 0 Å². The average molecular weight is 253 g/mol. The number of Topliss-reactive ketones (excluding diaryl/α,β-unsaturated/α-hetero) is 1. The van der Waals surface area contributed by atoms with Crippen LogP contribution in [0.2, 0.25) is 0 Å². The summed E-state index contributed by atoms with van der Waals surface area (Å²) in [7, 11) is 0. The molecular formula is C11H9BrO2. The topological polar surface area (TPSA) is 26.3 Å².